The molecule has 0 aromatic carbocycles. The van der Waals surface area contributed by atoms with Crippen LogP contribution in [0.1, 0.15) is 16.3 Å². The van der Waals surface area contributed by atoms with Crippen molar-refractivity contribution in [2.75, 3.05) is 0 Å². The second-order valence-electron chi connectivity index (χ2n) is 3.72. The van der Waals surface area contributed by atoms with Crippen LogP contribution in [0.15, 0.2) is 22.6 Å². The summed E-state index contributed by atoms with van der Waals surface area (Å²) in [7, 11) is 0. The van der Waals surface area contributed by atoms with Gasteiger partial charge in [0.1, 0.15) is 0 Å². The molecule has 2 rings (SSSR count). The molecule has 0 bridgehead atoms. The van der Waals surface area contributed by atoms with Crippen LogP contribution < -0.4 is 5.69 Å². The highest BCUT2D eigenvalue weighted by Gasteiger charge is 2.03. The van der Waals surface area contributed by atoms with Gasteiger partial charge in [-0.3, -0.25) is 4.57 Å². The Morgan fingerprint density at radius 2 is 2.35 bits per heavy atom. The van der Waals surface area contributed by atoms with Crippen LogP contribution in [0.5, 0.6) is 0 Å². The van der Waals surface area contributed by atoms with Gasteiger partial charge in [0.15, 0.2) is 0 Å². The maximum Gasteiger partial charge on any atom is 0.347 e. The van der Waals surface area contributed by atoms with E-state index in [0.29, 0.717) is 12.4 Å². The minimum atomic E-state index is -0.218. The van der Waals surface area contributed by atoms with Crippen LogP contribution in [0.25, 0.3) is 0 Å². The summed E-state index contributed by atoms with van der Waals surface area (Å²) in [6, 6.07) is 0. The number of thiazole rings is 1. The maximum absolute atomic E-state index is 11.5. The first kappa shape index (κ1) is 12.3. The molecule has 0 aliphatic carbocycles. The molecule has 2 aromatic heterocycles. The number of halogens is 1. The predicted molar refractivity (Wildman–Crippen MR) is 68.6 cm³/mol. The van der Waals surface area contributed by atoms with Gasteiger partial charge in [0.25, 0.3) is 0 Å². The molecule has 2 heterocycles. The average molecular weight is 270 g/mol. The van der Waals surface area contributed by atoms with E-state index in [4.69, 9.17) is 11.6 Å². The predicted octanol–water partition coefficient (Wildman–Crippen LogP) is 1.99. The van der Waals surface area contributed by atoms with Crippen LogP contribution in [0.4, 0.5) is 0 Å². The summed E-state index contributed by atoms with van der Waals surface area (Å²) in [6.45, 7) is 2.51. The first-order valence-corrected chi connectivity index (χ1v) is 6.63. The zero-order valence-electron chi connectivity index (χ0n) is 9.39. The normalized spacial score (nSPS) is 10.7. The number of aryl methyl sites for hydroxylation is 3. The quantitative estimate of drug-likeness (QED) is 0.798. The molecule has 0 atom stereocenters. The zero-order valence-corrected chi connectivity index (χ0v) is 11.0. The van der Waals surface area contributed by atoms with E-state index in [9.17, 15) is 4.79 Å². The molecule has 2 aromatic rings. The molecular weight excluding hydrogens is 258 g/mol. The molecule has 0 radical (unpaired) electrons. The largest absolute Gasteiger partial charge is 0.347 e. The Bertz CT molecular complexity index is 564. The van der Waals surface area contributed by atoms with Crippen molar-refractivity contribution >= 4 is 22.9 Å². The van der Waals surface area contributed by atoms with Gasteiger partial charge < -0.3 is 0 Å². The van der Waals surface area contributed by atoms with E-state index in [0.717, 1.165) is 22.7 Å². The number of aromatic nitrogens is 3. The number of rotatable bonds is 4. The maximum atomic E-state index is 11.5. The molecule has 0 spiro atoms. The minimum Gasteiger partial charge on any atom is -0.298 e. The molecule has 0 fully saturated rings. The summed E-state index contributed by atoms with van der Waals surface area (Å²) in [4.78, 5) is 19.6. The molecular formula is C11H12ClN3OS. The summed E-state index contributed by atoms with van der Waals surface area (Å²) in [5.41, 5.74) is 1.65. The smallest absolute Gasteiger partial charge is 0.298 e. The molecule has 4 nitrogen and oxygen atoms in total. The van der Waals surface area contributed by atoms with E-state index in [-0.39, 0.29) is 5.69 Å². The van der Waals surface area contributed by atoms with Gasteiger partial charge >= 0.3 is 5.69 Å². The van der Waals surface area contributed by atoms with Crippen LogP contribution in [0.2, 0.25) is 0 Å². The van der Waals surface area contributed by atoms with E-state index >= 15 is 0 Å². The van der Waals surface area contributed by atoms with E-state index < -0.39 is 0 Å². The van der Waals surface area contributed by atoms with Gasteiger partial charge in [-0.15, -0.1) is 22.9 Å². The number of nitrogens with zero attached hydrogens (tertiary/aromatic N) is 3. The topological polar surface area (TPSA) is 47.8 Å². The lowest BCUT2D eigenvalue weighted by atomic mass is 10.4. The first-order valence-electron chi connectivity index (χ1n) is 5.21. The van der Waals surface area contributed by atoms with Crippen LogP contribution in [0, 0.1) is 6.92 Å². The third-order valence-corrected chi connectivity index (χ3v) is 3.52. The Kier molecular flexibility index (Phi) is 3.91. The Hall–Kier alpha value is -1.20. The van der Waals surface area contributed by atoms with E-state index in [1.54, 1.807) is 22.1 Å². The molecule has 90 valence electrons. The standard InChI is InChI=1S/C11H12ClN3OS/c1-8-5-13-11(16)15(6-8)3-2-10-14-9(4-12)7-17-10/h5-7H,2-4H2,1H3. The van der Waals surface area contributed by atoms with Gasteiger partial charge in [-0.25, -0.2) is 14.8 Å². The highest BCUT2D eigenvalue weighted by molar-refractivity contribution is 7.09. The van der Waals surface area contributed by atoms with Gasteiger partial charge in [0, 0.05) is 30.7 Å². The second-order valence-corrected chi connectivity index (χ2v) is 4.93. The van der Waals surface area contributed by atoms with E-state index in [2.05, 4.69) is 9.97 Å². The Morgan fingerprint density at radius 1 is 1.53 bits per heavy atom. The fourth-order valence-electron chi connectivity index (χ4n) is 1.47. The molecule has 6 heteroatoms. The Labute approximate surface area is 108 Å². The second kappa shape index (κ2) is 5.42. The van der Waals surface area contributed by atoms with Gasteiger partial charge in [-0.05, 0) is 12.5 Å². The molecule has 0 saturated heterocycles. The van der Waals surface area contributed by atoms with Gasteiger partial charge in [0.2, 0.25) is 0 Å². The van der Waals surface area contributed by atoms with Crippen LogP contribution in [0.3, 0.4) is 0 Å². The minimum absolute atomic E-state index is 0.218. The van der Waals surface area contributed by atoms with Crippen LogP contribution >= 0.6 is 22.9 Å². The van der Waals surface area contributed by atoms with E-state index in [1.807, 2.05) is 18.5 Å². The number of hydrogen-bond acceptors (Lipinski definition) is 4. The van der Waals surface area contributed by atoms with Crippen molar-refractivity contribution in [2.45, 2.75) is 25.8 Å². The fraction of sp³-hybridized carbons (Fsp3) is 0.364. The molecule has 0 saturated carbocycles. The highest BCUT2D eigenvalue weighted by Crippen LogP contribution is 2.12. The molecule has 0 aliphatic rings. The zero-order chi connectivity index (χ0) is 12.3. The van der Waals surface area contributed by atoms with Crippen molar-refractivity contribution in [3.05, 3.63) is 44.5 Å². The monoisotopic (exact) mass is 269 g/mol. The molecule has 0 unspecified atom stereocenters. The lowest BCUT2D eigenvalue weighted by Gasteiger charge is -2.03. The van der Waals surface area contributed by atoms with Crippen molar-refractivity contribution in [2.24, 2.45) is 0 Å². The Balaban J connectivity index is 2.06. The lowest BCUT2D eigenvalue weighted by Crippen LogP contribution is -2.23. The van der Waals surface area contributed by atoms with Gasteiger partial charge in [-0.1, -0.05) is 0 Å². The van der Waals surface area contributed by atoms with Crippen molar-refractivity contribution in [1.29, 1.82) is 0 Å². The van der Waals surface area contributed by atoms with Crippen LogP contribution in [-0.4, -0.2) is 14.5 Å². The van der Waals surface area contributed by atoms with Gasteiger partial charge in [-0.2, -0.15) is 0 Å². The summed E-state index contributed by atoms with van der Waals surface area (Å²) in [5.74, 6) is 0.433. The Morgan fingerprint density at radius 3 is 3.06 bits per heavy atom. The van der Waals surface area contributed by atoms with Crippen LogP contribution in [-0.2, 0) is 18.8 Å². The third-order valence-electron chi connectivity index (χ3n) is 2.29. The lowest BCUT2D eigenvalue weighted by molar-refractivity contribution is 0.643. The van der Waals surface area contributed by atoms with Crippen molar-refractivity contribution in [3.8, 4) is 0 Å². The summed E-state index contributed by atoms with van der Waals surface area (Å²) in [5, 5.41) is 2.94. The molecule has 0 N–H and O–H groups in total. The third kappa shape index (κ3) is 3.14. The van der Waals surface area contributed by atoms with E-state index in [1.165, 1.54) is 0 Å². The average Bonchev–Trinajstić information content (AvgIpc) is 2.78. The summed E-state index contributed by atoms with van der Waals surface area (Å²) >= 11 is 7.25. The molecule has 0 amide bonds. The van der Waals surface area contributed by atoms with Crippen molar-refractivity contribution in [1.82, 2.24) is 14.5 Å². The van der Waals surface area contributed by atoms with Gasteiger partial charge in [0.05, 0.1) is 16.6 Å². The summed E-state index contributed by atoms with van der Waals surface area (Å²) in [6.07, 6.45) is 4.12. The van der Waals surface area contributed by atoms with Crippen molar-refractivity contribution < 1.29 is 0 Å². The molecule has 0 aliphatic heterocycles. The SMILES string of the molecule is Cc1cnc(=O)n(CCc2nc(CCl)cs2)c1. The first-order chi connectivity index (χ1) is 8.19. The number of hydrogen-bond donors (Lipinski definition) is 0. The fourth-order valence-corrected chi connectivity index (χ4v) is 2.48. The molecule has 17 heavy (non-hydrogen) atoms. The number of alkyl halides is 1. The summed E-state index contributed by atoms with van der Waals surface area (Å²) < 4.78 is 1.61. The van der Waals surface area contributed by atoms with Crippen molar-refractivity contribution in [3.63, 3.8) is 0 Å². The highest BCUT2D eigenvalue weighted by atomic mass is 35.5.